The van der Waals surface area contributed by atoms with Gasteiger partial charge in [0.15, 0.2) is 0 Å². The molecule has 0 bridgehead atoms. The Morgan fingerprint density at radius 2 is 2.19 bits per heavy atom. The van der Waals surface area contributed by atoms with Crippen LogP contribution in [0.1, 0.15) is 27.2 Å². The third kappa shape index (κ3) is 2.56. The van der Waals surface area contributed by atoms with Gasteiger partial charge < -0.3 is 20.1 Å². The fourth-order valence-electron chi connectivity index (χ4n) is 2.28. The van der Waals surface area contributed by atoms with Gasteiger partial charge in [0.1, 0.15) is 0 Å². The van der Waals surface area contributed by atoms with E-state index in [0.717, 1.165) is 39.3 Å². The summed E-state index contributed by atoms with van der Waals surface area (Å²) in [4.78, 5) is 0. The molecule has 2 fully saturated rings. The van der Waals surface area contributed by atoms with Crippen LogP contribution in [0.3, 0.4) is 0 Å². The number of ether oxygens (including phenoxy) is 2. The highest BCUT2D eigenvalue weighted by molar-refractivity contribution is 4.94. The maximum atomic E-state index is 5.84. The van der Waals surface area contributed by atoms with Crippen LogP contribution in [0.2, 0.25) is 0 Å². The van der Waals surface area contributed by atoms with Crippen LogP contribution in [0.15, 0.2) is 0 Å². The summed E-state index contributed by atoms with van der Waals surface area (Å²) in [7, 11) is 0. The molecular weight excluding hydrogens is 204 g/mol. The molecule has 2 atom stereocenters. The lowest BCUT2D eigenvalue weighted by atomic mass is 9.95. The Hall–Kier alpha value is -0.160. The van der Waals surface area contributed by atoms with Gasteiger partial charge >= 0.3 is 0 Å². The van der Waals surface area contributed by atoms with Crippen LogP contribution in [0.5, 0.6) is 0 Å². The standard InChI is InChI=1S/C12H24N2O2/c1-10-12(3,4-6-15-10)14-5-7-16-11(2)8-13-9-11/h10,13-14H,4-9H2,1-3H3. The molecule has 0 saturated carbocycles. The van der Waals surface area contributed by atoms with Crippen molar-refractivity contribution in [2.75, 3.05) is 32.8 Å². The Morgan fingerprint density at radius 3 is 2.69 bits per heavy atom. The molecule has 2 aliphatic rings. The summed E-state index contributed by atoms with van der Waals surface area (Å²) >= 11 is 0. The van der Waals surface area contributed by atoms with E-state index in [1.54, 1.807) is 0 Å². The fraction of sp³-hybridized carbons (Fsp3) is 1.00. The molecule has 2 heterocycles. The highest BCUT2D eigenvalue weighted by Crippen LogP contribution is 2.24. The van der Waals surface area contributed by atoms with Crippen LogP contribution in [-0.2, 0) is 9.47 Å². The molecular formula is C12H24N2O2. The second-order valence-corrected chi connectivity index (χ2v) is 5.51. The molecule has 2 rings (SSSR count). The summed E-state index contributed by atoms with van der Waals surface area (Å²) in [5, 5.41) is 6.79. The van der Waals surface area contributed by atoms with Gasteiger partial charge in [-0.2, -0.15) is 0 Å². The lowest BCUT2D eigenvalue weighted by molar-refractivity contribution is -0.0666. The molecule has 94 valence electrons. The second-order valence-electron chi connectivity index (χ2n) is 5.51. The minimum Gasteiger partial charge on any atom is -0.377 e. The highest BCUT2D eigenvalue weighted by atomic mass is 16.5. The van der Waals surface area contributed by atoms with Gasteiger partial charge in [0, 0.05) is 31.8 Å². The van der Waals surface area contributed by atoms with Crippen LogP contribution in [0.25, 0.3) is 0 Å². The van der Waals surface area contributed by atoms with Crippen LogP contribution < -0.4 is 10.6 Å². The number of hydrogen-bond acceptors (Lipinski definition) is 4. The van der Waals surface area contributed by atoms with E-state index in [1.165, 1.54) is 0 Å². The van der Waals surface area contributed by atoms with Gasteiger partial charge in [0.05, 0.1) is 18.3 Å². The SMILES string of the molecule is CC1OCCC1(C)NCCOC1(C)CNC1. The Kier molecular flexibility index (Phi) is 3.54. The monoisotopic (exact) mass is 228 g/mol. The smallest absolute Gasteiger partial charge is 0.0902 e. The van der Waals surface area contributed by atoms with Crippen molar-refractivity contribution in [3.8, 4) is 0 Å². The van der Waals surface area contributed by atoms with Gasteiger partial charge in [-0.15, -0.1) is 0 Å². The number of hydrogen-bond donors (Lipinski definition) is 2. The zero-order chi connectivity index (χ0) is 11.6. The average Bonchev–Trinajstić information content (AvgIpc) is 2.52. The van der Waals surface area contributed by atoms with Gasteiger partial charge in [-0.25, -0.2) is 0 Å². The quantitative estimate of drug-likeness (QED) is 0.673. The summed E-state index contributed by atoms with van der Waals surface area (Å²) in [5.41, 5.74) is 0.197. The zero-order valence-corrected chi connectivity index (χ0v) is 10.6. The van der Waals surface area contributed by atoms with Crippen molar-refractivity contribution in [1.82, 2.24) is 10.6 Å². The fourth-order valence-corrected chi connectivity index (χ4v) is 2.28. The molecule has 0 aromatic carbocycles. The summed E-state index contributed by atoms with van der Waals surface area (Å²) < 4.78 is 11.4. The van der Waals surface area contributed by atoms with E-state index >= 15 is 0 Å². The first-order chi connectivity index (χ1) is 7.54. The molecule has 2 aliphatic heterocycles. The van der Waals surface area contributed by atoms with Crippen molar-refractivity contribution in [3.05, 3.63) is 0 Å². The maximum absolute atomic E-state index is 5.84. The van der Waals surface area contributed by atoms with E-state index in [1.807, 2.05) is 0 Å². The molecule has 0 spiro atoms. The summed E-state index contributed by atoms with van der Waals surface area (Å²) in [6.45, 7) is 11.0. The molecule has 0 amide bonds. The third-order valence-electron chi connectivity index (χ3n) is 3.97. The first kappa shape index (κ1) is 12.3. The summed E-state index contributed by atoms with van der Waals surface area (Å²) in [6, 6.07) is 0. The average molecular weight is 228 g/mol. The molecule has 0 aliphatic carbocycles. The Morgan fingerprint density at radius 1 is 1.44 bits per heavy atom. The van der Waals surface area contributed by atoms with E-state index in [4.69, 9.17) is 9.47 Å². The van der Waals surface area contributed by atoms with Crippen molar-refractivity contribution in [2.24, 2.45) is 0 Å². The zero-order valence-electron chi connectivity index (χ0n) is 10.6. The van der Waals surface area contributed by atoms with Gasteiger partial charge in [-0.1, -0.05) is 0 Å². The largest absolute Gasteiger partial charge is 0.377 e. The van der Waals surface area contributed by atoms with E-state index in [9.17, 15) is 0 Å². The Labute approximate surface area is 98.1 Å². The van der Waals surface area contributed by atoms with Crippen LogP contribution in [-0.4, -0.2) is 50.1 Å². The lowest BCUT2D eigenvalue weighted by Gasteiger charge is -2.39. The first-order valence-electron chi connectivity index (χ1n) is 6.25. The lowest BCUT2D eigenvalue weighted by Crippen LogP contribution is -2.59. The van der Waals surface area contributed by atoms with Crippen molar-refractivity contribution in [1.29, 1.82) is 0 Å². The van der Waals surface area contributed by atoms with Gasteiger partial charge in [-0.05, 0) is 27.2 Å². The van der Waals surface area contributed by atoms with Gasteiger partial charge in [-0.3, -0.25) is 0 Å². The predicted octanol–water partition coefficient (Wildman–Crippen LogP) is 0.522. The van der Waals surface area contributed by atoms with Crippen molar-refractivity contribution < 1.29 is 9.47 Å². The van der Waals surface area contributed by atoms with Crippen LogP contribution >= 0.6 is 0 Å². The summed E-state index contributed by atoms with van der Waals surface area (Å²) in [5.74, 6) is 0. The van der Waals surface area contributed by atoms with Crippen molar-refractivity contribution in [3.63, 3.8) is 0 Å². The minimum atomic E-state index is 0.0698. The molecule has 16 heavy (non-hydrogen) atoms. The number of rotatable bonds is 5. The van der Waals surface area contributed by atoms with Crippen LogP contribution in [0.4, 0.5) is 0 Å². The first-order valence-corrected chi connectivity index (χ1v) is 6.25. The van der Waals surface area contributed by atoms with E-state index in [0.29, 0.717) is 6.10 Å². The molecule has 2 unspecified atom stereocenters. The van der Waals surface area contributed by atoms with Crippen LogP contribution in [0, 0.1) is 0 Å². The topological polar surface area (TPSA) is 42.5 Å². The molecule has 4 nitrogen and oxygen atoms in total. The minimum absolute atomic E-state index is 0.0698. The van der Waals surface area contributed by atoms with E-state index in [-0.39, 0.29) is 11.1 Å². The second kappa shape index (κ2) is 4.61. The van der Waals surface area contributed by atoms with E-state index in [2.05, 4.69) is 31.4 Å². The maximum Gasteiger partial charge on any atom is 0.0902 e. The van der Waals surface area contributed by atoms with Gasteiger partial charge in [0.25, 0.3) is 0 Å². The van der Waals surface area contributed by atoms with Gasteiger partial charge in [0.2, 0.25) is 0 Å². The molecule has 0 aromatic rings. The van der Waals surface area contributed by atoms with Crippen molar-refractivity contribution >= 4 is 0 Å². The molecule has 2 N–H and O–H groups in total. The third-order valence-corrected chi connectivity index (χ3v) is 3.97. The normalized spacial score (nSPS) is 37.3. The number of nitrogens with one attached hydrogen (secondary N) is 2. The molecule has 0 aromatic heterocycles. The predicted molar refractivity (Wildman–Crippen MR) is 63.7 cm³/mol. The Bertz CT molecular complexity index is 243. The molecule has 2 saturated heterocycles. The summed E-state index contributed by atoms with van der Waals surface area (Å²) in [6.07, 6.45) is 1.39. The van der Waals surface area contributed by atoms with E-state index < -0.39 is 0 Å². The van der Waals surface area contributed by atoms with Crippen molar-refractivity contribution in [2.45, 2.75) is 44.4 Å². The molecule has 4 heteroatoms. The Balaban J connectivity index is 1.64. The highest BCUT2D eigenvalue weighted by Gasteiger charge is 2.37. The molecule has 0 radical (unpaired) electrons.